The number of nitrogens with one attached hydrogen (secondary N) is 1. The Morgan fingerprint density at radius 1 is 1.53 bits per heavy atom. The molecule has 0 saturated heterocycles. The summed E-state index contributed by atoms with van der Waals surface area (Å²) in [4.78, 5) is 1.75. The van der Waals surface area contributed by atoms with Crippen LogP contribution in [0.2, 0.25) is 0 Å². The van der Waals surface area contributed by atoms with E-state index in [1.54, 1.807) is 0 Å². The topological polar surface area (TPSA) is 49.0 Å². The van der Waals surface area contributed by atoms with Gasteiger partial charge in [0.25, 0.3) is 0 Å². The molecule has 2 N–H and O–H groups in total. The molecule has 0 aliphatic heterocycles. The first-order valence-corrected chi connectivity index (χ1v) is 6.10. The van der Waals surface area contributed by atoms with E-state index in [0.717, 1.165) is 12.8 Å². The van der Waals surface area contributed by atoms with E-state index in [4.69, 9.17) is 5.41 Å². The second-order valence-corrected chi connectivity index (χ2v) is 6.53. The number of hydrogen-bond acceptors (Lipinski definition) is 3. The van der Waals surface area contributed by atoms with Crippen molar-refractivity contribution in [3.05, 3.63) is 15.9 Å². The normalized spacial score (nSPS) is 19.2. The fourth-order valence-corrected chi connectivity index (χ4v) is 2.40. The van der Waals surface area contributed by atoms with Gasteiger partial charge in [-0.1, -0.05) is 20.8 Å². The van der Waals surface area contributed by atoms with Crippen molar-refractivity contribution in [3.63, 3.8) is 0 Å². The molecule has 1 heterocycles. The molecule has 0 aromatic carbocycles. The zero-order valence-corrected chi connectivity index (χ0v) is 10.3. The van der Waals surface area contributed by atoms with E-state index in [1.165, 1.54) is 16.2 Å². The van der Waals surface area contributed by atoms with Crippen molar-refractivity contribution in [2.24, 2.45) is 0 Å². The predicted octanol–water partition coefficient (Wildman–Crippen LogP) is 1.85. The zero-order valence-electron chi connectivity index (χ0n) is 9.50. The van der Waals surface area contributed by atoms with Crippen LogP contribution in [-0.4, -0.2) is 15.3 Å². The third-order valence-electron chi connectivity index (χ3n) is 2.77. The Morgan fingerprint density at radius 3 is 2.53 bits per heavy atom. The molecule has 1 aromatic heterocycles. The Kier molecular flexibility index (Phi) is 2.32. The van der Waals surface area contributed by atoms with Crippen molar-refractivity contribution in [1.82, 2.24) is 4.57 Å². The Labute approximate surface area is 93.9 Å². The van der Waals surface area contributed by atoms with Gasteiger partial charge in [-0.05, 0) is 18.3 Å². The number of aromatic nitrogens is 1. The highest BCUT2D eigenvalue weighted by atomic mass is 32.1. The van der Waals surface area contributed by atoms with Crippen molar-refractivity contribution in [2.75, 3.05) is 0 Å². The van der Waals surface area contributed by atoms with Crippen molar-refractivity contribution in [3.8, 4) is 0 Å². The van der Waals surface area contributed by atoms with Gasteiger partial charge in [0.15, 0.2) is 4.80 Å². The SMILES string of the molecule is CC(C)(C)c1cn(CC2(O)CC2)c(=N)s1. The van der Waals surface area contributed by atoms with Crippen molar-refractivity contribution in [2.45, 2.75) is 51.2 Å². The second-order valence-electron chi connectivity index (χ2n) is 5.50. The molecular formula is C11H18N2OS. The van der Waals surface area contributed by atoms with Gasteiger partial charge in [-0.2, -0.15) is 0 Å². The van der Waals surface area contributed by atoms with Gasteiger partial charge in [-0.3, -0.25) is 5.41 Å². The summed E-state index contributed by atoms with van der Waals surface area (Å²) in [5.74, 6) is 0. The quantitative estimate of drug-likeness (QED) is 0.794. The Bertz CT molecular complexity index is 421. The first kappa shape index (κ1) is 10.9. The molecule has 1 saturated carbocycles. The summed E-state index contributed by atoms with van der Waals surface area (Å²) in [7, 11) is 0. The van der Waals surface area contributed by atoms with Crippen LogP contribution >= 0.6 is 11.3 Å². The molecule has 4 heteroatoms. The summed E-state index contributed by atoms with van der Waals surface area (Å²) < 4.78 is 1.87. The average molecular weight is 226 g/mol. The molecule has 0 amide bonds. The highest BCUT2D eigenvalue weighted by Crippen LogP contribution is 2.36. The van der Waals surface area contributed by atoms with Crippen LogP contribution in [0.4, 0.5) is 0 Å². The number of rotatable bonds is 2. The minimum atomic E-state index is -0.517. The molecule has 1 aliphatic carbocycles. The van der Waals surface area contributed by atoms with Gasteiger partial charge in [0.1, 0.15) is 0 Å². The van der Waals surface area contributed by atoms with Crippen LogP contribution in [0.15, 0.2) is 6.20 Å². The monoisotopic (exact) mass is 226 g/mol. The third kappa shape index (κ3) is 2.32. The van der Waals surface area contributed by atoms with Crippen LogP contribution in [0, 0.1) is 5.41 Å². The maximum atomic E-state index is 9.82. The van der Waals surface area contributed by atoms with Crippen molar-refractivity contribution in [1.29, 1.82) is 5.41 Å². The summed E-state index contributed by atoms with van der Waals surface area (Å²) in [6.07, 6.45) is 3.77. The van der Waals surface area contributed by atoms with E-state index in [0.29, 0.717) is 11.3 Å². The smallest absolute Gasteiger partial charge is 0.182 e. The van der Waals surface area contributed by atoms with Gasteiger partial charge in [-0.15, -0.1) is 11.3 Å². The first-order chi connectivity index (χ1) is 6.80. The number of aliphatic hydroxyl groups is 1. The van der Waals surface area contributed by atoms with Crippen LogP contribution in [-0.2, 0) is 12.0 Å². The minimum Gasteiger partial charge on any atom is -0.388 e. The molecule has 2 rings (SSSR count). The zero-order chi connectivity index (χ0) is 11.3. The predicted molar refractivity (Wildman–Crippen MR) is 61.0 cm³/mol. The number of thiazole rings is 1. The molecule has 1 fully saturated rings. The van der Waals surface area contributed by atoms with Crippen LogP contribution in [0.3, 0.4) is 0 Å². The lowest BCUT2D eigenvalue weighted by Gasteiger charge is -2.15. The minimum absolute atomic E-state index is 0.0951. The van der Waals surface area contributed by atoms with Crippen LogP contribution < -0.4 is 4.80 Å². The van der Waals surface area contributed by atoms with E-state index >= 15 is 0 Å². The summed E-state index contributed by atoms with van der Waals surface area (Å²) in [6.45, 7) is 7.02. The highest BCUT2D eigenvalue weighted by Gasteiger charge is 2.40. The first-order valence-electron chi connectivity index (χ1n) is 5.28. The number of hydrogen-bond donors (Lipinski definition) is 2. The van der Waals surface area contributed by atoms with E-state index in [1.807, 2.05) is 10.8 Å². The Balaban J connectivity index is 2.26. The van der Waals surface area contributed by atoms with Crippen LogP contribution in [0.1, 0.15) is 38.5 Å². The van der Waals surface area contributed by atoms with E-state index in [9.17, 15) is 5.11 Å². The molecule has 0 atom stereocenters. The molecule has 84 valence electrons. The van der Waals surface area contributed by atoms with Gasteiger partial charge in [0, 0.05) is 11.1 Å². The lowest BCUT2D eigenvalue weighted by molar-refractivity contribution is 0.128. The standard InChI is InChI=1S/C11H18N2OS/c1-10(2,3)8-6-13(9(12)15-8)7-11(14)4-5-11/h6,12,14H,4-5,7H2,1-3H3. The van der Waals surface area contributed by atoms with Crippen LogP contribution in [0.25, 0.3) is 0 Å². The molecule has 0 unspecified atom stereocenters. The molecular weight excluding hydrogens is 208 g/mol. The molecule has 0 bridgehead atoms. The lowest BCUT2D eigenvalue weighted by atomic mass is 9.95. The molecule has 15 heavy (non-hydrogen) atoms. The van der Waals surface area contributed by atoms with E-state index in [2.05, 4.69) is 20.8 Å². The number of nitrogens with zero attached hydrogens (tertiary/aromatic N) is 1. The van der Waals surface area contributed by atoms with Gasteiger partial charge in [-0.25, -0.2) is 0 Å². The maximum absolute atomic E-state index is 9.82. The molecule has 1 aliphatic rings. The van der Waals surface area contributed by atoms with Crippen molar-refractivity contribution < 1.29 is 5.11 Å². The molecule has 1 aromatic rings. The summed E-state index contributed by atoms with van der Waals surface area (Å²) in [5.41, 5.74) is -0.422. The second kappa shape index (κ2) is 3.19. The summed E-state index contributed by atoms with van der Waals surface area (Å²) in [5, 5.41) is 17.7. The Hall–Kier alpha value is -0.610. The van der Waals surface area contributed by atoms with E-state index < -0.39 is 5.60 Å². The van der Waals surface area contributed by atoms with Gasteiger partial charge in [0.05, 0.1) is 12.1 Å². The van der Waals surface area contributed by atoms with Gasteiger partial charge < -0.3 is 9.67 Å². The van der Waals surface area contributed by atoms with Gasteiger partial charge in [0.2, 0.25) is 0 Å². The van der Waals surface area contributed by atoms with E-state index in [-0.39, 0.29) is 5.41 Å². The average Bonchev–Trinajstić information content (AvgIpc) is 2.67. The Morgan fingerprint density at radius 2 is 2.13 bits per heavy atom. The molecule has 0 radical (unpaired) electrons. The summed E-state index contributed by atoms with van der Waals surface area (Å²) in [6, 6.07) is 0. The fraction of sp³-hybridized carbons (Fsp3) is 0.727. The third-order valence-corrected chi connectivity index (χ3v) is 4.14. The summed E-state index contributed by atoms with van der Waals surface area (Å²) >= 11 is 1.51. The van der Waals surface area contributed by atoms with Crippen molar-refractivity contribution >= 4 is 11.3 Å². The molecule has 0 spiro atoms. The largest absolute Gasteiger partial charge is 0.388 e. The maximum Gasteiger partial charge on any atom is 0.182 e. The fourth-order valence-electron chi connectivity index (χ4n) is 1.47. The molecule has 3 nitrogen and oxygen atoms in total. The highest BCUT2D eigenvalue weighted by molar-refractivity contribution is 7.09. The lowest BCUT2D eigenvalue weighted by Crippen LogP contribution is -2.23. The van der Waals surface area contributed by atoms with Crippen LogP contribution in [0.5, 0.6) is 0 Å². The van der Waals surface area contributed by atoms with Gasteiger partial charge >= 0.3 is 0 Å².